The number of amides is 2. The highest BCUT2D eigenvalue weighted by Crippen LogP contribution is 2.21. The zero-order valence-corrected chi connectivity index (χ0v) is 19.9. The van der Waals surface area contributed by atoms with Crippen molar-refractivity contribution in [3.63, 3.8) is 0 Å². The molecule has 2 amide bonds. The van der Waals surface area contributed by atoms with E-state index in [4.69, 9.17) is 0 Å². The third-order valence-electron chi connectivity index (χ3n) is 5.23. The third-order valence-corrected chi connectivity index (χ3v) is 6.38. The average Bonchev–Trinajstić information content (AvgIpc) is 2.76. The maximum atomic E-state index is 13.8. The van der Waals surface area contributed by atoms with E-state index in [9.17, 15) is 26.8 Å². The molecular weight excluding hydrogens is 452 g/mol. The van der Waals surface area contributed by atoms with Gasteiger partial charge in [0.05, 0.1) is 11.9 Å². The number of carbonyl (C=O) groups is 2. The number of nitrogens with one attached hydrogen (secondary N) is 1. The van der Waals surface area contributed by atoms with E-state index < -0.39 is 40.2 Å². The molecule has 7 nitrogen and oxygen atoms in total. The SMILES string of the molecule is CC[C@@H](C)NC(=O)[C@H](C)N(Cc1ccccc1)C(=O)CN(c1ccc(F)c(F)c1)S(C)(=O)=O. The van der Waals surface area contributed by atoms with Crippen LogP contribution in [0, 0.1) is 11.6 Å². The van der Waals surface area contributed by atoms with Gasteiger partial charge >= 0.3 is 0 Å². The van der Waals surface area contributed by atoms with Crippen molar-refractivity contribution >= 4 is 27.5 Å². The third kappa shape index (κ3) is 7.24. The first-order valence-electron chi connectivity index (χ1n) is 10.5. The van der Waals surface area contributed by atoms with Crippen molar-refractivity contribution in [3.8, 4) is 0 Å². The summed E-state index contributed by atoms with van der Waals surface area (Å²) >= 11 is 0. The van der Waals surface area contributed by atoms with E-state index in [2.05, 4.69) is 5.32 Å². The van der Waals surface area contributed by atoms with Gasteiger partial charge in [-0.05, 0) is 38.0 Å². The molecule has 0 saturated heterocycles. The summed E-state index contributed by atoms with van der Waals surface area (Å²) in [7, 11) is -4.02. The minimum atomic E-state index is -4.02. The van der Waals surface area contributed by atoms with Gasteiger partial charge in [0.15, 0.2) is 11.6 Å². The fourth-order valence-corrected chi connectivity index (χ4v) is 3.92. The van der Waals surface area contributed by atoms with Crippen LogP contribution in [-0.4, -0.2) is 50.0 Å². The van der Waals surface area contributed by atoms with Crippen LogP contribution in [0.1, 0.15) is 32.8 Å². The number of nitrogens with zero attached hydrogens (tertiary/aromatic N) is 2. The minimum absolute atomic E-state index is 0.0597. The van der Waals surface area contributed by atoms with Crippen molar-refractivity contribution in [2.45, 2.75) is 45.8 Å². The molecule has 10 heteroatoms. The van der Waals surface area contributed by atoms with Crippen LogP contribution in [0.5, 0.6) is 0 Å². The Kier molecular flexibility index (Phi) is 8.92. The summed E-state index contributed by atoms with van der Waals surface area (Å²) in [6.07, 6.45) is 1.56. The summed E-state index contributed by atoms with van der Waals surface area (Å²) in [4.78, 5) is 27.3. The molecule has 1 N–H and O–H groups in total. The Balaban J connectivity index is 2.38. The zero-order chi connectivity index (χ0) is 24.8. The first-order chi connectivity index (χ1) is 15.4. The summed E-state index contributed by atoms with van der Waals surface area (Å²) in [5.41, 5.74) is 0.550. The van der Waals surface area contributed by atoms with Gasteiger partial charge in [0, 0.05) is 18.7 Å². The lowest BCUT2D eigenvalue weighted by atomic mass is 10.1. The fourth-order valence-electron chi connectivity index (χ4n) is 3.08. The average molecular weight is 482 g/mol. The Hall–Kier alpha value is -3.01. The number of rotatable bonds is 10. The molecule has 2 aromatic rings. The van der Waals surface area contributed by atoms with Crippen LogP contribution in [0.2, 0.25) is 0 Å². The van der Waals surface area contributed by atoms with Gasteiger partial charge in [0.1, 0.15) is 12.6 Å². The highest BCUT2D eigenvalue weighted by atomic mass is 32.2. The van der Waals surface area contributed by atoms with Crippen LogP contribution in [0.3, 0.4) is 0 Å². The maximum Gasteiger partial charge on any atom is 0.244 e. The molecule has 0 aliphatic carbocycles. The molecule has 2 aromatic carbocycles. The number of hydrogen-bond donors (Lipinski definition) is 1. The van der Waals surface area contributed by atoms with E-state index in [0.717, 1.165) is 24.0 Å². The monoisotopic (exact) mass is 481 g/mol. The summed E-state index contributed by atoms with van der Waals surface area (Å²) < 4.78 is 52.6. The molecular formula is C23H29F2N3O4S. The van der Waals surface area contributed by atoms with E-state index in [1.54, 1.807) is 31.2 Å². The van der Waals surface area contributed by atoms with Gasteiger partial charge in [-0.15, -0.1) is 0 Å². The van der Waals surface area contributed by atoms with Crippen LogP contribution in [0.25, 0.3) is 0 Å². The number of benzene rings is 2. The van der Waals surface area contributed by atoms with E-state index in [0.29, 0.717) is 16.8 Å². The minimum Gasteiger partial charge on any atom is -0.352 e. The topological polar surface area (TPSA) is 86.8 Å². The maximum absolute atomic E-state index is 13.8. The van der Waals surface area contributed by atoms with Crippen LogP contribution >= 0.6 is 0 Å². The molecule has 0 bridgehead atoms. The Morgan fingerprint density at radius 2 is 1.67 bits per heavy atom. The number of sulfonamides is 1. The van der Waals surface area contributed by atoms with Gasteiger partial charge in [0.2, 0.25) is 21.8 Å². The molecule has 0 spiro atoms. The molecule has 0 unspecified atom stereocenters. The second-order valence-electron chi connectivity index (χ2n) is 7.87. The molecule has 0 fully saturated rings. The number of anilines is 1. The highest BCUT2D eigenvalue weighted by Gasteiger charge is 2.30. The van der Waals surface area contributed by atoms with Crippen molar-refractivity contribution in [2.24, 2.45) is 0 Å². The lowest BCUT2D eigenvalue weighted by Gasteiger charge is -2.32. The Morgan fingerprint density at radius 1 is 1.03 bits per heavy atom. The van der Waals surface area contributed by atoms with E-state index in [-0.39, 0.29) is 24.2 Å². The smallest absolute Gasteiger partial charge is 0.244 e. The second-order valence-corrected chi connectivity index (χ2v) is 9.78. The van der Waals surface area contributed by atoms with Crippen LogP contribution in [0.4, 0.5) is 14.5 Å². The molecule has 0 saturated carbocycles. The molecule has 0 radical (unpaired) electrons. The standard InChI is InChI=1S/C23H29F2N3O4S/c1-5-16(2)26-23(30)17(3)27(14-18-9-7-6-8-10-18)22(29)15-28(33(4,31)32)19-11-12-20(24)21(25)13-19/h6-13,16-17H,5,14-15H2,1-4H3,(H,26,30)/t16-,17+/m1/s1. The van der Waals surface area contributed by atoms with Crippen LogP contribution in [0.15, 0.2) is 48.5 Å². The fraction of sp³-hybridized carbons (Fsp3) is 0.391. The number of carbonyl (C=O) groups excluding carboxylic acids is 2. The molecule has 33 heavy (non-hydrogen) atoms. The number of halogens is 2. The van der Waals surface area contributed by atoms with Gasteiger partial charge in [-0.3, -0.25) is 13.9 Å². The first-order valence-corrected chi connectivity index (χ1v) is 12.3. The van der Waals surface area contributed by atoms with Gasteiger partial charge in [-0.1, -0.05) is 37.3 Å². The summed E-state index contributed by atoms with van der Waals surface area (Å²) in [6.45, 7) is 4.68. The summed E-state index contributed by atoms with van der Waals surface area (Å²) in [5.74, 6) is -3.43. The quantitative estimate of drug-likeness (QED) is 0.565. The lowest BCUT2D eigenvalue weighted by molar-refractivity contribution is -0.139. The van der Waals surface area contributed by atoms with E-state index in [1.807, 2.05) is 19.9 Å². The predicted molar refractivity (Wildman–Crippen MR) is 123 cm³/mol. The highest BCUT2D eigenvalue weighted by molar-refractivity contribution is 7.92. The molecule has 0 aromatic heterocycles. The van der Waals surface area contributed by atoms with Gasteiger partial charge in [-0.2, -0.15) is 0 Å². The molecule has 2 rings (SSSR count). The molecule has 0 aliphatic rings. The van der Waals surface area contributed by atoms with Crippen LogP contribution in [-0.2, 0) is 26.2 Å². The van der Waals surface area contributed by atoms with E-state index in [1.165, 1.54) is 4.90 Å². The summed E-state index contributed by atoms with van der Waals surface area (Å²) in [5, 5.41) is 2.82. The van der Waals surface area contributed by atoms with Gasteiger partial charge < -0.3 is 10.2 Å². The van der Waals surface area contributed by atoms with Gasteiger partial charge in [-0.25, -0.2) is 17.2 Å². The van der Waals surface area contributed by atoms with Crippen molar-refractivity contribution in [1.82, 2.24) is 10.2 Å². The first kappa shape index (κ1) is 26.2. The molecule has 0 heterocycles. The predicted octanol–water partition coefficient (Wildman–Crippen LogP) is 3.06. The second kappa shape index (κ2) is 11.2. The molecule has 180 valence electrons. The largest absolute Gasteiger partial charge is 0.352 e. The Bertz CT molecular complexity index is 1080. The van der Waals surface area contributed by atoms with Crippen molar-refractivity contribution in [3.05, 3.63) is 65.7 Å². The van der Waals surface area contributed by atoms with E-state index >= 15 is 0 Å². The Labute approximate surface area is 193 Å². The normalized spacial score (nSPS) is 13.2. The number of hydrogen-bond acceptors (Lipinski definition) is 4. The summed E-state index contributed by atoms with van der Waals surface area (Å²) in [6, 6.07) is 10.5. The Morgan fingerprint density at radius 3 is 2.21 bits per heavy atom. The van der Waals surface area contributed by atoms with Crippen molar-refractivity contribution in [1.29, 1.82) is 0 Å². The zero-order valence-electron chi connectivity index (χ0n) is 19.1. The lowest BCUT2D eigenvalue weighted by Crippen LogP contribution is -2.52. The molecule has 2 atom stereocenters. The molecule has 0 aliphatic heterocycles. The van der Waals surface area contributed by atoms with Gasteiger partial charge in [0.25, 0.3) is 0 Å². The van der Waals surface area contributed by atoms with Crippen molar-refractivity contribution in [2.75, 3.05) is 17.1 Å². The van der Waals surface area contributed by atoms with Crippen LogP contribution < -0.4 is 9.62 Å². The van der Waals surface area contributed by atoms with Crippen molar-refractivity contribution < 1.29 is 26.8 Å².